The summed E-state index contributed by atoms with van der Waals surface area (Å²) in [6.07, 6.45) is 6.18. The van der Waals surface area contributed by atoms with Gasteiger partial charge in [-0.3, -0.25) is 0 Å². The third-order valence-electron chi connectivity index (χ3n) is 4.33. The highest BCUT2D eigenvalue weighted by molar-refractivity contribution is 5.70. The van der Waals surface area contributed by atoms with Crippen LogP contribution in [0.1, 0.15) is 46.0 Å². The Morgan fingerprint density at radius 1 is 1.00 bits per heavy atom. The van der Waals surface area contributed by atoms with Crippen molar-refractivity contribution in [2.24, 2.45) is 5.92 Å². The van der Waals surface area contributed by atoms with Crippen LogP contribution >= 0.6 is 0 Å². The number of phenols is 1. The van der Waals surface area contributed by atoms with Gasteiger partial charge in [-0.05, 0) is 30.0 Å². The topological polar surface area (TPSA) is 29.5 Å². The fourth-order valence-corrected chi connectivity index (χ4v) is 2.77. The van der Waals surface area contributed by atoms with Crippen molar-refractivity contribution in [3.63, 3.8) is 0 Å². The molecule has 1 unspecified atom stereocenters. The van der Waals surface area contributed by atoms with E-state index in [2.05, 4.69) is 13.8 Å². The summed E-state index contributed by atoms with van der Waals surface area (Å²) in [6.45, 7) is 5.18. The maximum absolute atomic E-state index is 10.3. The van der Waals surface area contributed by atoms with Crippen molar-refractivity contribution in [1.29, 1.82) is 0 Å². The molecule has 2 heteroatoms. The van der Waals surface area contributed by atoms with Crippen LogP contribution in [0.5, 0.6) is 11.5 Å². The van der Waals surface area contributed by atoms with Gasteiger partial charge in [0.05, 0.1) is 6.61 Å². The molecule has 0 radical (unpaired) electrons. The zero-order chi connectivity index (χ0) is 16.5. The molecule has 0 aromatic heterocycles. The van der Waals surface area contributed by atoms with E-state index in [0.29, 0.717) is 5.92 Å². The van der Waals surface area contributed by atoms with Gasteiger partial charge in [-0.2, -0.15) is 0 Å². The SMILES string of the molecule is CCCCCC(CC)COc1ccc(-c2ccccc2)c(O)c1. The summed E-state index contributed by atoms with van der Waals surface area (Å²) in [5, 5.41) is 10.3. The highest BCUT2D eigenvalue weighted by Crippen LogP contribution is 2.32. The van der Waals surface area contributed by atoms with Gasteiger partial charge in [0.25, 0.3) is 0 Å². The molecule has 2 aromatic rings. The molecule has 0 bridgehead atoms. The number of ether oxygens (including phenoxy) is 1. The van der Waals surface area contributed by atoms with Crippen molar-refractivity contribution in [2.75, 3.05) is 6.61 Å². The highest BCUT2D eigenvalue weighted by atomic mass is 16.5. The van der Waals surface area contributed by atoms with Crippen molar-refractivity contribution < 1.29 is 9.84 Å². The van der Waals surface area contributed by atoms with Crippen molar-refractivity contribution in [1.82, 2.24) is 0 Å². The Bertz CT molecular complexity index is 578. The number of rotatable bonds is 9. The zero-order valence-corrected chi connectivity index (χ0v) is 14.3. The standard InChI is InChI=1S/C21H28O2/c1-3-5-7-10-17(4-2)16-23-19-13-14-20(21(22)15-19)18-11-8-6-9-12-18/h6,8-9,11-15,17,22H,3-5,7,10,16H2,1-2H3. The van der Waals surface area contributed by atoms with Crippen molar-refractivity contribution in [3.8, 4) is 22.6 Å². The number of hydrogen-bond donors (Lipinski definition) is 1. The summed E-state index contributed by atoms with van der Waals surface area (Å²) in [5.41, 5.74) is 1.86. The van der Waals surface area contributed by atoms with E-state index in [1.807, 2.05) is 42.5 Å². The normalized spacial score (nSPS) is 12.1. The van der Waals surface area contributed by atoms with Crippen LogP contribution in [0.4, 0.5) is 0 Å². The maximum atomic E-state index is 10.3. The third kappa shape index (κ3) is 5.31. The van der Waals surface area contributed by atoms with Crippen LogP contribution < -0.4 is 4.74 Å². The van der Waals surface area contributed by atoms with Crippen LogP contribution in [0.15, 0.2) is 48.5 Å². The monoisotopic (exact) mass is 312 g/mol. The van der Waals surface area contributed by atoms with Gasteiger partial charge in [0, 0.05) is 11.6 Å². The molecule has 0 fully saturated rings. The summed E-state index contributed by atoms with van der Waals surface area (Å²) in [6, 6.07) is 15.5. The maximum Gasteiger partial charge on any atom is 0.127 e. The Hall–Kier alpha value is -1.96. The van der Waals surface area contributed by atoms with Gasteiger partial charge in [-0.1, -0.05) is 69.9 Å². The van der Waals surface area contributed by atoms with Gasteiger partial charge in [-0.15, -0.1) is 0 Å². The molecular weight excluding hydrogens is 284 g/mol. The van der Waals surface area contributed by atoms with E-state index in [0.717, 1.165) is 29.9 Å². The summed E-state index contributed by atoms with van der Waals surface area (Å²) in [7, 11) is 0. The minimum atomic E-state index is 0.271. The summed E-state index contributed by atoms with van der Waals surface area (Å²) in [5.74, 6) is 1.61. The van der Waals surface area contributed by atoms with Crippen LogP contribution in [0, 0.1) is 5.92 Å². The molecule has 0 aliphatic carbocycles. The van der Waals surface area contributed by atoms with E-state index >= 15 is 0 Å². The van der Waals surface area contributed by atoms with Gasteiger partial charge in [0.15, 0.2) is 0 Å². The minimum Gasteiger partial charge on any atom is -0.507 e. The summed E-state index contributed by atoms with van der Waals surface area (Å²) >= 11 is 0. The van der Waals surface area contributed by atoms with E-state index in [9.17, 15) is 5.11 Å². The Labute approximate surface area is 140 Å². The Morgan fingerprint density at radius 3 is 2.43 bits per heavy atom. The molecule has 1 N–H and O–H groups in total. The smallest absolute Gasteiger partial charge is 0.127 e. The Kier molecular flexibility index (Phi) is 6.99. The Morgan fingerprint density at radius 2 is 1.78 bits per heavy atom. The molecule has 124 valence electrons. The largest absolute Gasteiger partial charge is 0.507 e. The quantitative estimate of drug-likeness (QED) is 0.572. The lowest BCUT2D eigenvalue weighted by atomic mass is 9.99. The first-order valence-corrected chi connectivity index (χ1v) is 8.75. The second kappa shape index (κ2) is 9.24. The molecule has 1 atom stereocenters. The van der Waals surface area contributed by atoms with Gasteiger partial charge in [0.1, 0.15) is 11.5 Å². The Balaban J connectivity index is 1.95. The van der Waals surface area contributed by atoms with E-state index in [1.165, 1.54) is 25.7 Å². The van der Waals surface area contributed by atoms with E-state index in [1.54, 1.807) is 6.07 Å². The van der Waals surface area contributed by atoms with Crippen LogP contribution in [0.25, 0.3) is 11.1 Å². The van der Waals surface area contributed by atoms with Crippen molar-refractivity contribution in [3.05, 3.63) is 48.5 Å². The number of aromatic hydroxyl groups is 1. The van der Waals surface area contributed by atoms with Crippen molar-refractivity contribution >= 4 is 0 Å². The van der Waals surface area contributed by atoms with E-state index in [4.69, 9.17) is 4.74 Å². The molecule has 0 saturated carbocycles. The highest BCUT2D eigenvalue weighted by Gasteiger charge is 2.09. The third-order valence-corrected chi connectivity index (χ3v) is 4.33. The number of unbranched alkanes of at least 4 members (excludes halogenated alkanes) is 2. The van der Waals surface area contributed by atoms with Crippen LogP contribution in [-0.2, 0) is 0 Å². The second-order valence-corrected chi connectivity index (χ2v) is 6.13. The number of phenolic OH excluding ortho intramolecular Hbond substituents is 1. The van der Waals surface area contributed by atoms with Gasteiger partial charge in [0.2, 0.25) is 0 Å². The van der Waals surface area contributed by atoms with E-state index in [-0.39, 0.29) is 5.75 Å². The molecule has 0 amide bonds. The molecule has 0 heterocycles. The van der Waals surface area contributed by atoms with E-state index < -0.39 is 0 Å². The molecular formula is C21H28O2. The summed E-state index contributed by atoms with van der Waals surface area (Å²) < 4.78 is 5.90. The lowest BCUT2D eigenvalue weighted by Gasteiger charge is -2.16. The lowest BCUT2D eigenvalue weighted by Crippen LogP contribution is -2.11. The molecule has 2 aromatic carbocycles. The minimum absolute atomic E-state index is 0.271. The van der Waals surface area contributed by atoms with Gasteiger partial charge >= 0.3 is 0 Å². The van der Waals surface area contributed by atoms with Crippen molar-refractivity contribution in [2.45, 2.75) is 46.0 Å². The lowest BCUT2D eigenvalue weighted by molar-refractivity contribution is 0.232. The van der Waals surface area contributed by atoms with Crippen LogP contribution in [0.2, 0.25) is 0 Å². The molecule has 0 aliphatic rings. The summed E-state index contributed by atoms with van der Waals surface area (Å²) in [4.78, 5) is 0. The van der Waals surface area contributed by atoms with Crippen LogP contribution in [0.3, 0.4) is 0 Å². The predicted molar refractivity (Wildman–Crippen MR) is 97.0 cm³/mol. The average Bonchev–Trinajstić information content (AvgIpc) is 2.59. The first kappa shape index (κ1) is 17.4. The van der Waals surface area contributed by atoms with Gasteiger partial charge < -0.3 is 9.84 Å². The molecule has 0 aliphatic heterocycles. The number of hydrogen-bond acceptors (Lipinski definition) is 2. The fourth-order valence-electron chi connectivity index (χ4n) is 2.77. The molecule has 2 nitrogen and oxygen atoms in total. The average molecular weight is 312 g/mol. The predicted octanol–water partition coefficient (Wildman–Crippen LogP) is 6.04. The number of benzene rings is 2. The van der Waals surface area contributed by atoms with Gasteiger partial charge in [-0.25, -0.2) is 0 Å². The first-order chi connectivity index (χ1) is 11.2. The first-order valence-electron chi connectivity index (χ1n) is 8.75. The van der Waals surface area contributed by atoms with Crippen LogP contribution in [-0.4, -0.2) is 11.7 Å². The second-order valence-electron chi connectivity index (χ2n) is 6.13. The zero-order valence-electron chi connectivity index (χ0n) is 14.3. The molecule has 0 spiro atoms. The molecule has 0 saturated heterocycles. The molecule has 23 heavy (non-hydrogen) atoms. The fraction of sp³-hybridized carbons (Fsp3) is 0.429. The molecule has 2 rings (SSSR count).